The molecule has 1 aromatic heterocycles. The van der Waals surface area contributed by atoms with Crippen molar-refractivity contribution >= 4 is 15.7 Å². The first kappa shape index (κ1) is 15.8. The normalized spacial score (nSPS) is 16.1. The monoisotopic (exact) mass is 333 g/mol. The van der Waals surface area contributed by atoms with E-state index in [-0.39, 0.29) is 22.9 Å². The fourth-order valence-corrected chi connectivity index (χ4v) is 3.35. The van der Waals surface area contributed by atoms with E-state index in [1.807, 2.05) is 13.0 Å². The number of benzene rings is 1. The van der Waals surface area contributed by atoms with Crippen LogP contribution in [0.5, 0.6) is 0 Å². The third-order valence-corrected chi connectivity index (χ3v) is 5.17. The predicted octanol–water partition coefficient (Wildman–Crippen LogP) is 3.05. The Labute approximate surface area is 135 Å². The minimum atomic E-state index is -3.34. The van der Waals surface area contributed by atoms with E-state index in [9.17, 15) is 13.2 Å². The number of carbonyl (C=O) groups is 1. The van der Waals surface area contributed by atoms with Crippen LogP contribution in [0.25, 0.3) is 0 Å². The summed E-state index contributed by atoms with van der Waals surface area (Å²) in [6, 6.07) is 9.85. The zero-order valence-electron chi connectivity index (χ0n) is 13.1. The van der Waals surface area contributed by atoms with E-state index >= 15 is 0 Å². The van der Waals surface area contributed by atoms with Crippen molar-refractivity contribution < 1.29 is 17.6 Å². The van der Waals surface area contributed by atoms with E-state index in [0.717, 1.165) is 24.9 Å². The molecule has 2 aromatic rings. The fraction of sp³-hybridized carbons (Fsp3) is 0.353. The molecule has 0 spiro atoms. The molecule has 23 heavy (non-hydrogen) atoms. The average molecular weight is 333 g/mol. The van der Waals surface area contributed by atoms with E-state index in [2.05, 4.69) is 0 Å². The summed E-state index contributed by atoms with van der Waals surface area (Å²) in [5.74, 6) is 0.561. The first-order valence-corrected chi connectivity index (χ1v) is 9.43. The van der Waals surface area contributed by atoms with Crippen LogP contribution in [0.1, 0.15) is 41.9 Å². The van der Waals surface area contributed by atoms with E-state index in [1.54, 1.807) is 29.4 Å². The van der Waals surface area contributed by atoms with Crippen LogP contribution in [-0.2, 0) is 9.84 Å². The average Bonchev–Trinajstić information content (AvgIpc) is 3.18. The molecule has 5 nitrogen and oxygen atoms in total. The lowest BCUT2D eigenvalue weighted by atomic mass is 10.1. The first-order valence-electron chi connectivity index (χ1n) is 7.54. The molecular weight excluding hydrogens is 314 g/mol. The van der Waals surface area contributed by atoms with Gasteiger partial charge in [0.15, 0.2) is 9.84 Å². The Morgan fingerprint density at radius 3 is 2.57 bits per heavy atom. The minimum absolute atomic E-state index is 0.157. The summed E-state index contributed by atoms with van der Waals surface area (Å²) in [6.45, 7) is 1.93. The Bertz CT molecular complexity index is 807. The summed E-state index contributed by atoms with van der Waals surface area (Å²) < 4.78 is 28.8. The summed E-state index contributed by atoms with van der Waals surface area (Å²) >= 11 is 0. The second kappa shape index (κ2) is 5.85. The van der Waals surface area contributed by atoms with Crippen molar-refractivity contribution in [3.05, 3.63) is 54.0 Å². The Morgan fingerprint density at radius 2 is 2.00 bits per heavy atom. The molecule has 1 aromatic carbocycles. The zero-order valence-corrected chi connectivity index (χ0v) is 13.9. The third-order valence-electron chi connectivity index (χ3n) is 4.06. The lowest BCUT2D eigenvalue weighted by Crippen LogP contribution is -2.35. The molecule has 1 fully saturated rings. The number of furan rings is 1. The van der Waals surface area contributed by atoms with Crippen LogP contribution in [0.3, 0.4) is 0 Å². The highest BCUT2D eigenvalue weighted by molar-refractivity contribution is 7.90. The van der Waals surface area contributed by atoms with Gasteiger partial charge >= 0.3 is 0 Å². The maximum atomic E-state index is 12.9. The molecule has 0 radical (unpaired) electrons. The highest BCUT2D eigenvalue weighted by atomic mass is 32.2. The van der Waals surface area contributed by atoms with Gasteiger partial charge in [-0.15, -0.1) is 0 Å². The van der Waals surface area contributed by atoms with Crippen LogP contribution in [0.2, 0.25) is 0 Å². The van der Waals surface area contributed by atoms with E-state index in [0.29, 0.717) is 5.56 Å². The molecule has 1 heterocycles. The van der Waals surface area contributed by atoms with Gasteiger partial charge in [-0.25, -0.2) is 8.42 Å². The predicted molar refractivity (Wildman–Crippen MR) is 85.9 cm³/mol. The number of hydrogen-bond donors (Lipinski definition) is 0. The van der Waals surface area contributed by atoms with Gasteiger partial charge in [0.05, 0.1) is 17.2 Å². The van der Waals surface area contributed by atoms with Crippen molar-refractivity contribution in [1.82, 2.24) is 4.90 Å². The second-order valence-corrected chi connectivity index (χ2v) is 7.95. The minimum Gasteiger partial charge on any atom is -0.467 e. The van der Waals surface area contributed by atoms with E-state index in [4.69, 9.17) is 4.42 Å². The van der Waals surface area contributed by atoms with Gasteiger partial charge in [-0.1, -0.05) is 6.07 Å². The van der Waals surface area contributed by atoms with Gasteiger partial charge in [0.25, 0.3) is 5.91 Å². The van der Waals surface area contributed by atoms with Gasteiger partial charge in [0.1, 0.15) is 5.76 Å². The van der Waals surface area contributed by atoms with Gasteiger partial charge < -0.3 is 9.32 Å². The van der Waals surface area contributed by atoms with E-state index < -0.39 is 9.84 Å². The summed E-state index contributed by atoms with van der Waals surface area (Å²) in [5.41, 5.74) is 0.387. The first-order chi connectivity index (χ1) is 10.9. The topological polar surface area (TPSA) is 67.6 Å². The molecular formula is C17H19NO4S. The van der Waals surface area contributed by atoms with Crippen LogP contribution in [0.4, 0.5) is 0 Å². The molecule has 0 bridgehead atoms. The number of sulfone groups is 1. The smallest absolute Gasteiger partial charge is 0.254 e. The molecule has 0 saturated heterocycles. The molecule has 1 amide bonds. The molecule has 0 N–H and O–H groups in total. The maximum absolute atomic E-state index is 12.9. The molecule has 1 saturated carbocycles. The van der Waals surface area contributed by atoms with Crippen molar-refractivity contribution in [3.63, 3.8) is 0 Å². The molecule has 6 heteroatoms. The van der Waals surface area contributed by atoms with Crippen molar-refractivity contribution in [1.29, 1.82) is 0 Å². The molecule has 0 unspecified atom stereocenters. The maximum Gasteiger partial charge on any atom is 0.254 e. The van der Waals surface area contributed by atoms with Crippen molar-refractivity contribution in [2.24, 2.45) is 0 Å². The summed E-state index contributed by atoms with van der Waals surface area (Å²) in [7, 11) is -3.34. The van der Waals surface area contributed by atoms with Crippen molar-refractivity contribution in [2.45, 2.75) is 36.7 Å². The lowest BCUT2D eigenvalue weighted by Gasteiger charge is -2.28. The van der Waals surface area contributed by atoms with Gasteiger partial charge in [-0.05, 0) is 50.1 Å². The van der Waals surface area contributed by atoms with Crippen LogP contribution < -0.4 is 0 Å². The number of rotatable bonds is 5. The Hall–Kier alpha value is -2.08. The second-order valence-electron chi connectivity index (χ2n) is 5.93. The Morgan fingerprint density at radius 1 is 1.26 bits per heavy atom. The summed E-state index contributed by atoms with van der Waals surface area (Å²) in [5, 5.41) is 0. The molecule has 1 aliphatic carbocycles. The molecule has 122 valence electrons. The summed E-state index contributed by atoms with van der Waals surface area (Å²) in [6.07, 6.45) is 4.65. The Kier molecular flexibility index (Phi) is 4.02. The van der Waals surface area contributed by atoms with Crippen LogP contribution in [-0.4, -0.2) is 31.5 Å². The van der Waals surface area contributed by atoms with Gasteiger partial charge in [-0.3, -0.25) is 4.79 Å². The quantitative estimate of drug-likeness (QED) is 0.843. The van der Waals surface area contributed by atoms with Gasteiger partial charge in [0.2, 0.25) is 0 Å². The molecule has 1 atom stereocenters. The van der Waals surface area contributed by atoms with Crippen LogP contribution >= 0.6 is 0 Å². The standard InChI is InChI=1S/C17H19NO4S/c1-12(16-7-4-10-22-16)18(14-8-9-14)17(19)13-5-3-6-15(11-13)23(2,20)21/h3-7,10-12,14H,8-9H2,1-2H3/t12-/m0/s1. The molecule has 1 aliphatic rings. The third kappa shape index (κ3) is 3.32. The van der Waals surface area contributed by atoms with Crippen LogP contribution in [0, 0.1) is 0 Å². The molecule has 3 rings (SSSR count). The van der Waals surface area contributed by atoms with Crippen molar-refractivity contribution in [3.8, 4) is 0 Å². The Balaban J connectivity index is 1.93. The zero-order chi connectivity index (χ0) is 16.6. The van der Waals surface area contributed by atoms with E-state index in [1.165, 1.54) is 12.1 Å². The van der Waals surface area contributed by atoms with Crippen LogP contribution in [0.15, 0.2) is 52.0 Å². The fourth-order valence-electron chi connectivity index (χ4n) is 2.69. The molecule has 0 aliphatic heterocycles. The number of amides is 1. The highest BCUT2D eigenvalue weighted by Gasteiger charge is 2.37. The number of carbonyl (C=O) groups excluding carboxylic acids is 1. The van der Waals surface area contributed by atoms with Crippen molar-refractivity contribution in [2.75, 3.05) is 6.26 Å². The van der Waals surface area contributed by atoms with Gasteiger partial charge in [-0.2, -0.15) is 0 Å². The number of nitrogens with zero attached hydrogens (tertiary/aromatic N) is 1. The largest absolute Gasteiger partial charge is 0.467 e. The highest BCUT2D eigenvalue weighted by Crippen LogP contribution is 2.35. The lowest BCUT2D eigenvalue weighted by molar-refractivity contribution is 0.0652. The SMILES string of the molecule is C[C@@H](c1ccco1)N(C(=O)c1cccc(S(C)(=O)=O)c1)C1CC1. The number of hydrogen-bond acceptors (Lipinski definition) is 4. The van der Waals surface area contributed by atoms with Gasteiger partial charge in [0, 0.05) is 17.9 Å². The summed E-state index contributed by atoms with van der Waals surface area (Å²) in [4.78, 5) is 14.9.